The molecule has 146 valence electrons. The summed E-state index contributed by atoms with van der Waals surface area (Å²) < 4.78 is 18.5. The zero-order valence-corrected chi connectivity index (χ0v) is 16.4. The van der Waals surface area contributed by atoms with Crippen LogP contribution in [0.2, 0.25) is 5.02 Å². The summed E-state index contributed by atoms with van der Waals surface area (Å²) in [5.41, 5.74) is -0.352. The second kappa shape index (κ2) is 8.08. The van der Waals surface area contributed by atoms with Crippen molar-refractivity contribution in [3.05, 3.63) is 40.2 Å². The van der Waals surface area contributed by atoms with Gasteiger partial charge in [-0.15, -0.1) is 0 Å². The maximum absolute atomic E-state index is 13.3. The molecule has 2 rings (SSSR count). The van der Waals surface area contributed by atoms with E-state index in [-0.39, 0.29) is 39.8 Å². The number of ether oxygens (including phenoxy) is 1. The normalized spacial score (nSPS) is 18.4. The third-order valence-electron chi connectivity index (χ3n) is 3.74. The van der Waals surface area contributed by atoms with Crippen LogP contribution >= 0.6 is 11.6 Å². The van der Waals surface area contributed by atoms with Gasteiger partial charge in [-0.3, -0.25) is 4.79 Å². The number of carbonyl (C=O) groups is 2. The Morgan fingerprint density at radius 3 is 2.59 bits per heavy atom. The molecule has 27 heavy (non-hydrogen) atoms. The first kappa shape index (κ1) is 20.9. The van der Waals surface area contributed by atoms with E-state index in [1.54, 1.807) is 20.8 Å². The lowest BCUT2D eigenvalue weighted by molar-refractivity contribution is -0.115. The van der Waals surface area contributed by atoms with Crippen LogP contribution in [-0.2, 0) is 9.53 Å². The molecule has 1 amide bonds. The van der Waals surface area contributed by atoms with E-state index in [9.17, 15) is 19.1 Å². The summed E-state index contributed by atoms with van der Waals surface area (Å²) in [6.45, 7) is 5.18. The molecular formula is C19H22ClFN2O4. The Morgan fingerprint density at radius 2 is 2.00 bits per heavy atom. The number of aliphatic hydroxyl groups excluding tert-OH is 1. The minimum absolute atomic E-state index is 0.0230. The highest BCUT2D eigenvalue weighted by Gasteiger charge is 2.29. The Balaban J connectivity index is 2.45. The van der Waals surface area contributed by atoms with Crippen molar-refractivity contribution in [1.29, 1.82) is 0 Å². The summed E-state index contributed by atoms with van der Waals surface area (Å²) in [5.74, 6) is -1.27. The summed E-state index contributed by atoms with van der Waals surface area (Å²) in [6, 6.07) is 3.47. The Kier molecular flexibility index (Phi) is 6.26. The second-order valence-electron chi connectivity index (χ2n) is 7.18. The fourth-order valence-corrected chi connectivity index (χ4v) is 2.82. The van der Waals surface area contributed by atoms with Crippen LogP contribution in [0.1, 0.15) is 45.6 Å². The maximum atomic E-state index is 13.3. The van der Waals surface area contributed by atoms with Gasteiger partial charge < -0.3 is 9.84 Å². The molecule has 0 atom stereocenters. The Morgan fingerprint density at radius 1 is 1.33 bits per heavy atom. The second-order valence-corrected chi connectivity index (χ2v) is 7.58. The molecule has 0 heterocycles. The van der Waals surface area contributed by atoms with Crippen LogP contribution in [0.3, 0.4) is 0 Å². The molecule has 0 aromatic heterocycles. The third-order valence-corrected chi connectivity index (χ3v) is 4.05. The number of ketones is 1. The summed E-state index contributed by atoms with van der Waals surface area (Å²) in [5, 5.41) is 15.8. The number of hydrogen-bond donors (Lipinski definition) is 1. The van der Waals surface area contributed by atoms with Crippen LogP contribution in [0.25, 0.3) is 5.76 Å². The zero-order valence-electron chi connectivity index (χ0n) is 15.7. The Labute approximate surface area is 162 Å². The Hall–Kier alpha value is -2.41. The molecule has 0 bridgehead atoms. The minimum Gasteiger partial charge on any atom is -0.506 e. The van der Waals surface area contributed by atoms with Gasteiger partial charge in [0.25, 0.3) is 0 Å². The number of hydrogen-bond acceptors (Lipinski definition) is 5. The molecule has 1 aliphatic carbocycles. The number of hydrazone groups is 1. The molecule has 6 nitrogen and oxygen atoms in total. The summed E-state index contributed by atoms with van der Waals surface area (Å²) in [6.07, 6.45) is 0.463. The van der Waals surface area contributed by atoms with Gasteiger partial charge in [0.05, 0.1) is 16.3 Å². The van der Waals surface area contributed by atoms with Gasteiger partial charge >= 0.3 is 6.09 Å². The average Bonchev–Trinajstić information content (AvgIpc) is 2.52. The number of allylic oxidation sites excluding steroid dienone is 1. The smallest absolute Gasteiger partial charge is 0.430 e. The molecular weight excluding hydrogens is 375 g/mol. The van der Waals surface area contributed by atoms with Gasteiger partial charge in [0, 0.05) is 19.0 Å². The first-order valence-corrected chi connectivity index (χ1v) is 8.84. The van der Waals surface area contributed by atoms with Gasteiger partial charge in [-0.2, -0.15) is 5.10 Å². The number of amides is 1. The van der Waals surface area contributed by atoms with Gasteiger partial charge in [-0.25, -0.2) is 14.2 Å². The van der Waals surface area contributed by atoms with Crippen molar-refractivity contribution in [2.75, 3.05) is 7.05 Å². The molecule has 1 aliphatic rings. The van der Waals surface area contributed by atoms with Crippen molar-refractivity contribution in [1.82, 2.24) is 5.01 Å². The highest BCUT2D eigenvalue weighted by atomic mass is 35.5. The van der Waals surface area contributed by atoms with Gasteiger partial charge in [0.1, 0.15) is 17.2 Å². The van der Waals surface area contributed by atoms with Crippen molar-refractivity contribution in [2.24, 2.45) is 5.10 Å². The lowest BCUT2D eigenvalue weighted by Crippen LogP contribution is -2.33. The highest BCUT2D eigenvalue weighted by Crippen LogP contribution is 2.30. The van der Waals surface area contributed by atoms with E-state index in [0.717, 1.165) is 17.1 Å². The van der Waals surface area contributed by atoms with Crippen molar-refractivity contribution >= 4 is 34.9 Å². The quantitative estimate of drug-likeness (QED) is 0.445. The number of halogens is 2. The average molecular weight is 397 g/mol. The standard InChI is InChI=1S/C19H22ClFN2O4/c1-19(2,3)27-18(26)23(4)22-14-6-5-7-15(24)16(14)17(25)12-9-8-11(21)10-13(12)20/h8-10,25H,5-7H2,1-4H3. The molecule has 0 spiro atoms. The molecule has 0 aliphatic heterocycles. The molecule has 1 aromatic rings. The first-order valence-electron chi connectivity index (χ1n) is 8.46. The summed E-state index contributed by atoms with van der Waals surface area (Å²) in [4.78, 5) is 24.5. The van der Waals surface area contributed by atoms with E-state index in [4.69, 9.17) is 16.3 Å². The number of carbonyl (C=O) groups excluding carboxylic acids is 2. The molecule has 0 unspecified atom stereocenters. The fourth-order valence-electron chi connectivity index (χ4n) is 2.56. The van der Waals surface area contributed by atoms with E-state index in [0.29, 0.717) is 12.8 Å². The number of benzene rings is 1. The number of aliphatic hydroxyl groups is 1. The Bertz CT molecular complexity index is 827. The first-order chi connectivity index (χ1) is 12.5. The van der Waals surface area contributed by atoms with E-state index in [2.05, 4.69) is 5.10 Å². The molecule has 0 saturated heterocycles. The minimum atomic E-state index is -0.698. The molecule has 0 radical (unpaired) electrons. The largest absolute Gasteiger partial charge is 0.506 e. The van der Waals surface area contributed by atoms with Crippen molar-refractivity contribution in [3.8, 4) is 0 Å². The summed E-state index contributed by atoms with van der Waals surface area (Å²) >= 11 is 6.00. The molecule has 1 N–H and O–H groups in total. The van der Waals surface area contributed by atoms with Crippen molar-refractivity contribution in [3.63, 3.8) is 0 Å². The highest BCUT2D eigenvalue weighted by molar-refractivity contribution is 6.33. The van der Waals surface area contributed by atoms with Gasteiger partial charge in [0.2, 0.25) is 0 Å². The van der Waals surface area contributed by atoms with E-state index < -0.39 is 17.5 Å². The monoisotopic (exact) mass is 396 g/mol. The molecule has 8 heteroatoms. The van der Waals surface area contributed by atoms with Crippen LogP contribution in [0.15, 0.2) is 28.9 Å². The van der Waals surface area contributed by atoms with E-state index in [1.807, 2.05) is 0 Å². The SMILES string of the molecule is CN(N=C1CCCC(=O)C1=C(O)c1ccc(F)cc1Cl)C(=O)OC(C)(C)C. The van der Waals surface area contributed by atoms with Crippen molar-refractivity contribution in [2.45, 2.75) is 45.6 Å². The van der Waals surface area contributed by atoms with Gasteiger partial charge in [-0.05, 0) is 51.8 Å². The van der Waals surface area contributed by atoms with Crippen molar-refractivity contribution < 1.29 is 23.8 Å². The zero-order chi connectivity index (χ0) is 20.4. The van der Waals surface area contributed by atoms with Crippen LogP contribution in [-0.4, -0.2) is 40.4 Å². The molecule has 1 fully saturated rings. The lowest BCUT2D eigenvalue weighted by Gasteiger charge is -2.24. The predicted molar refractivity (Wildman–Crippen MR) is 101 cm³/mol. The number of Topliss-reactive ketones (excluding diaryl/α,β-unsaturated/α-hetero) is 1. The number of rotatable bonds is 2. The van der Waals surface area contributed by atoms with Crippen LogP contribution < -0.4 is 0 Å². The molecule has 1 aromatic carbocycles. The van der Waals surface area contributed by atoms with Crippen LogP contribution in [0, 0.1) is 5.82 Å². The predicted octanol–water partition coefficient (Wildman–Crippen LogP) is 4.72. The van der Waals surface area contributed by atoms with Crippen LogP contribution in [0.4, 0.5) is 9.18 Å². The van der Waals surface area contributed by atoms with Gasteiger partial charge in [0.15, 0.2) is 5.78 Å². The van der Waals surface area contributed by atoms with E-state index >= 15 is 0 Å². The van der Waals surface area contributed by atoms with Gasteiger partial charge in [-0.1, -0.05) is 11.6 Å². The third kappa shape index (κ3) is 5.29. The topological polar surface area (TPSA) is 79.2 Å². The van der Waals surface area contributed by atoms with E-state index in [1.165, 1.54) is 13.1 Å². The summed E-state index contributed by atoms with van der Waals surface area (Å²) in [7, 11) is 1.40. The van der Waals surface area contributed by atoms with Crippen LogP contribution in [0.5, 0.6) is 0 Å². The maximum Gasteiger partial charge on any atom is 0.430 e. The lowest BCUT2D eigenvalue weighted by atomic mass is 9.89. The fraction of sp³-hybridized carbons (Fsp3) is 0.421. The number of nitrogens with zero attached hydrogens (tertiary/aromatic N) is 2. The molecule has 1 saturated carbocycles.